The molecule has 0 radical (unpaired) electrons. The fourth-order valence-corrected chi connectivity index (χ4v) is 1.72. The number of aromatic nitrogens is 1. The number of nitrogen functional groups attached to an aromatic ring is 1. The van der Waals surface area contributed by atoms with Gasteiger partial charge in [0.15, 0.2) is 0 Å². The molecule has 19 heavy (non-hydrogen) atoms. The minimum atomic E-state index is -0.497. The van der Waals surface area contributed by atoms with E-state index >= 15 is 0 Å². The highest BCUT2D eigenvalue weighted by molar-refractivity contribution is 6.34. The van der Waals surface area contributed by atoms with Crippen LogP contribution >= 0.6 is 11.6 Å². The number of aryl methyl sites for hydroxylation is 1. The summed E-state index contributed by atoms with van der Waals surface area (Å²) in [7, 11) is 0. The van der Waals surface area contributed by atoms with Crippen LogP contribution in [0.4, 0.5) is 15.9 Å². The molecule has 0 atom stereocenters. The standard InChI is InChI=1S/C13H11ClFN3O/c1-7-6-8(2-4-10(7)15)17-13(19)12-9(14)3-5-11(16)18-12/h2-6H,1H3,(H2,16,18)(H,17,19). The first-order valence-electron chi connectivity index (χ1n) is 5.47. The summed E-state index contributed by atoms with van der Waals surface area (Å²) in [6.45, 7) is 1.61. The molecule has 0 bridgehead atoms. The second-order valence-electron chi connectivity index (χ2n) is 3.98. The van der Waals surface area contributed by atoms with E-state index in [1.807, 2.05) is 0 Å². The van der Waals surface area contributed by atoms with E-state index in [1.54, 1.807) is 6.92 Å². The highest BCUT2D eigenvalue weighted by Gasteiger charge is 2.13. The first kappa shape index (κ1) is 13.3. The van der Waals surface area contributed by atoms with Gasteiger partial charge in [-0.1, -0.05) is 11.6 Å². The van der Waals surface area contributed by atoms with E-state index in [0.717, 1.165) is 0 Å². The summed E-state index contributed by atoms with van der Waals surface area (Å²) >= 11 is 5.87. The van der Waals surface area contributed by atoms with Gasteiger partial charge in [-0.2, -0.15) is 0 Å². The Balaban J connectivity index is 2.25. The van der Waals surface area contributed by atoms with E-state index in [-0.39, 0.29) is 22.4 Å². The summed E-state index contributed by atoms with van der Waals surface area (Å²) in [5, 5.41) is 2.79. The molecule has 0 aliphatic rings. The predicted molar refractivity (Wildman–Crippen MR) is 72.7 cm³/mol. The Morgan fingerprint density at radius 1 is 1.37 bits per heavy atom. The zero-order valence-corrected chi connectivity index (χ0v) is 10.8. The van der Waals surface area contributed by atoms with E-state index in [2.05, 4.69) is 10.3 Å². The van der Waals surface area contributed by atoms with Crippen molar-refractivity contribution in [2.24, 2.45) is 0 Å². The van der Waals surface area contributed by atoms with Crippen LogP contribution in [0.5, 0.6) is 0 Å². The van der Waals surface area contributed by atoms with Gasteiger partial charge in [-0.15, -0.1) is 0 Å². The number of carbonyl (C=O) groups excluding carboxylic acids is 1. The Kier molecular flexibility index (Phi) is 3.66. The summed E-state index contributed by atoms with van der Waals surface area (Å²) < 4.78 is 13.1. The lowest BCUT2D eigenvalue weighted by Gasteiger charge is -2.07. The lowest BCUT2D eigenvalue weighted by Crippen LogP contribution is -2.15. The Bertz CT molecular complexity index is 646. The molecule has 0 aliphatic heterocycles. The third-order valence-electron chi connectivity index (χ3n) is 2.50. The van der Waals surface area contributed by atoms with Crippen molar-refractivity contribution in [2.45, 2.75) is 6.92 Å². The largest absolute Gasteiger partial charge is 0.384 e. The molecule has 0 saturated heterocycles. The van der Waals surface area contributed by atoms with Gasteiger partial charge in [-0.05, 0) is 42.8 Å². The number of nitrogens with two attached hydrogens (primary N) is 1. The third kappa shape index (κ3) is 3.00. The van der Waals surface area contributed by atoms with Crippen LogP contribution in [0.15, 0.2) is 30.3 Å². The van der Waals surface area contributed by atoms with Gasteiger partial charge in [0.2, 0.25) is 0 Å². The number of anilines is 2. The van der Waals surface area contributed by atoms with Gasteiger partial charge >= 0.3 is 0 Å². The van der Waals surface area contributed by atoms with Crippen LogP contribution in [-0.4, -0.2) is 10.9 Å². The quantitative estimate of drug-likeness (QED) is 0.888. The van der Waals surface area contributed by atoms with Gasteiger partial charge in [0.25, 0.3) is 5.91 Å². The monoisotopic (exact) mass is 279 g/mol. The van der Waals surface area contributed by atoms with Crippen LogP contribution in [0.2, 0.25) is 5.02 Å². The number of hydrogen-bond donors (Lipinski definition) is 2. The number of rotatable bonds is 2. The molecule has 4 nitrogen and oxygen atoms in total. The number of benzene rings is 1. The molecule has 1 aromatic heterocycles. The molecule has 2 rings (SSSR count). The first-order valence-corrected chi connectivity index (χ1v) is 5.84. The number of pyridine rings is 1. The molecule has 1 aromatic carbocycles. The summed E-state index contributed by atoms with van der Waals surface area (Å²) in [4.78, 5) is 15.8. The van der Waals surface area contributed by atoms with Crippen molar-refractivity contribution in [3.8, 4) is 0 Å². The minimum Gasteiger partial charge on any atom is -0.384 e. The van der Waals surface area contributed by atoms with Gasteiger partial charge in [-0.3, -0.25) is 4.79 Å². The zero-order valence-electron chi connectivity index (χ0n) is 10.1. The number of nitrogens with one attached hydrogen (secondary N) is 1. The number of carbonyl (C=O) groups is 1. The van der Waals surface area contributed by atoms with Crippen molar-refractivity contribution in [2.75, 3.05) is 11.1 Å². The molecule has 0 spiro atoms. The second-order valence-corrected chi connectivity index (χ2v) is 4.39. The summed E-state index contributed by atoms with van der Waals surface area (Å²) in [5.41, 5.74) is 6.43. The third-order valence-corrected chi connectivity index (χ3v) is 2.80. The van der Waals surface area contributed by atoms with Crippen LogP contribution in [0.3, 0.4) is 0 Å². The average molecular weight is 280 g/mol. The molecule has 6 heteroatoms. The highest BCUT2D eigenvalue weighted by Crippen LogP contribution is 2.18. The molecular formula is C13H11ClFN3O. The molecule has 0 saturated carbocycles. The van der Waals surface area contributed by atoms with E-state index in [9.17, 15) is 9.18 Å². The van der Waals surface area contributed by atoms with Crippen molar-refractivity contribution in [3.05, 3.63) is 52.4 Å². The summed E-state index contributed by atoms with van der Waals surface area (Å²) in [5.74, 6) is -0.633. The lowest BCUT2D eigenvalue weighted by atomic mass is 10.2. The maximum absolute atomic E-state index is 13.1. The minimum absolute atomic E-state index is 0.0312. The molecule has 1 amide bonds. The van der Waals surface area contributed by atoms with Crippen molar-refractivity contribution < 1.29 is 9.18 Å². The molecule has 98 valence electrons. The van der Waals surface area contributed by atoms with Crippen molar-refractivity contribution in [1.29, 1.82) is 0 Å². The average Bonchev–Trinajstić information content (AvgIpc) is 2.36. The van der Waals surface area contributed by atoms with Crippen LogP contribution in [0.25, 0.3) is 0 Å². The van der Waals surface area contributed by atoms with Crippen LogP contribution < -0.4 is 11.1 Å². The van der Waals surface area contributed by atoms with Crippen LogP contribution in [0, 0.1) is 12.7 Å². The van der Waals surface area contributed by atoms with Gasteiger partial charge < -0.3 is 11.1 Å². The normalized spacial score (nSPS) is 10.3. The van der Waals surface area contributed by atoms with E-state index in [4.69, 9.17) is 17.3 Å². The van der Waals surface area contributed by atoms with Gasteiger partial charge in [0.1, 0.15) is 17.3 Å². The zero-order chi connectivity index (χ0) is 14.0. The Labute approximate surface area is 114 Å². The number of halogens is 2. The van der Waals surface area contributed by atoms with Crippen LogP contribution in [-0.2, 0) is 0 Å². The van der Waals surface area contributed by atoms with Gasteiger partial charge in [-0.25, -0.2) is 9.37 Å². The molecule has 0 unspecified atom stereocenters. The summed E-state index contributed by atoms with van der Waals surface area (Å²) in [6, 6.07) is 7.25. The van der Waals surface area contributed by atoms with Crippen molar-refractivity contribution >= 4 is 29.0 Å². The van der Waals surface area contributed by atoms with Gasteiger partial charge in [0, 0.05) is 5.69 Å². The van der Waals surface area contributed by atoms with E-state index in [0.29, 0.717) is 11.3 Å². The lowest BCUT2D eigenvalue weighted by molar-refractivity contribution is 0.102. The Morgan fingerprint density at radius 2 is 2.11 bits per heavy atom. The second kappa shape index (κ2) is 5.24. The Morgan fingerprint density at radius 3 is 2.79 bits per heavy atom. The molecule has 3 N–H and O–H groups in total. The molecule has 0 fully saturated rings. The fourth-order valence-electron chi connectivity index (χ4n) is 1.53. The van der Waals surface area contributed by atoms with Crippen LogP contribution in [0.1, 0.15) is 16.1 Å². The number of hydrogen-bond acceptors (Lipinski definition) is 3. The van der Waals surface area contributed by atoms with Crippen molar-refractivity contribution in [1.82, 2.24) is 4.98 Å². The predicted octanol–water partition coefficient (Wildman–Crippen LogP) is 3.02. The number of amides is 1. The SMILES string of the molecule is Cc1cc(NC(=O)c2nc(N)ccc2Cl)ccc1F. The van der Waals surface area contributed by atoms with E-state index in [1.165, 1.54) is 30.3 Å². The van der Waals surface area contributed by atoms with E-state index < -0.39 is 5.91 Å². The topological polar surface area (TPSA) is 68.0 Å². The fraction of sp³-hybridized carbons (Fsp3) is 0.0769. The van der Waals surface area contributed by atoms with Crippen molar-refractivity contribution in [3.63, 3.8) is 0 Å². The molecule has 2 aromatic rings. The first-order chi connectivity index (χ1) is 8.97. The van der Waals surface area contributed by atoms with Gasteiger partial charge in [0.05, 0.1) is 5.02 Å². The smallest absolute Gasteiger partial charge is 0.275 e. The number of nitrogens with zero attached hydrogens (tertiary/aromatic N) is 1. The summed E-state index contributed by atoms with van der Waals surface area (Å²) in [6.07, 6.45) is 0. The Hall–Kier alpha value is -2.14. The highest BCUT2D eigenvalue weighted by atomic mass is 35.5. The maximum atomic E-state index is 13.1. The molecular weight excluding hydrogens is 269 g/mol. The molecule has 0 aliphatic carbocycles. The maximum Gasteiger partial charge on any atom is 0.275 e. The molecule has 1 heterocycles.